The first-order chi connectivity index (χ1) is 18.5. The van der Waals surface area contributed by atoms with Gasteiger partial charge in [-0.3, -0.25) is 9.98 Å². The second-order valence-corrected chi connectivity index (χ2v) is 10.7. The summed E-state index contributed by atoms with van der Waals surface area (Å²) in [6.45, 7) is 4.61. The molecule has 5 heteroatoms. The zero-order valence-corrected chi connectivity index (χ0v) is 25.1. The molecular weight excluding hydrogens is 593 g/mol. The van der Waals surface area contributed by atoms with Gasteiger partial charge in [0.2, 0.25) is 0 Å². The van der Waals surface area contributed by atoms with Crippen molar-refractivity contribution in [2.45, 2.75) is 44.9 Å². The Kier molecular flexibility index (Phi) is 7.89. The van der Waals surface area contributed by atoms with Crippen molar-refractivity contribution in [3.8, 4) is 5.75 Å². The lowest BCUT2D eigenvalue weighted by Crippen LogP contribution is -2.22. The fourth-order valence-electron chi connectivity index (χ4n) is 5.81. The number of hydrogen-bond donors (Lipinski definition) is 0. The van der Waals surface area contributed by atoms with Crippen molar-refractivity contribution >= 4 is 41.1 Å². The van der Waals surface area contributed by atoms with E-state index in [2.05, 4.69) is 97.5 Å². The number of likely N-dealkylation sites (N-methyl/N-ethyl adjacent to an activating group) is 1. The molecule has 0 saturated heterocycles. The third kappa shape index (κ3) is 5.37. The van der Waals surface area contributed by atoms with E-state index in [-0.39, 0.29) is 29.4 Å². The number of anilines is 1. The van der Waals surface area contributed by atoms with Crippen molar-refractivity contribution in [3.05, 3.63) is 131 Å². The lowest BCUT2D eigenvalue weighted by molar-refractivity contribution is 0.415. The summed E-state index contributed by atoms with van der Waals surface area (Å²) in [6, 6.07) is 20.9. The number of nitrogens with zero attached hydrogens (tertiary/aromatic N) is 3. The van der Waals surface area contributed by atoms with Crippen LogP contribution < -0.4 is 9.64 Å². The number of aromatic nitrogens is 1. The summed E-state index contributed by atoms with van der Waals surface area (Å²) in [5.74, 6) is 1.75. The number of hydrogen-bond acceptors (Lipinski definition) is 4. The highest BCUT2D eigenvalue weighted by molar-refractivity contribution is 14.0. The topological polar surface area (TPSA) is 37.7 Å². The van der Waals surface area contributed by atoms with E-state index in [0.717, 1.165) is 48.6 Å². The van der Waals surface area contributed by atoms with Gasteiger partial charge >= 0.3 is 0 Å². The summed E-state index contributed by atoms with van der Waals surface area (Å²) in [5, 5.41) is 0. The van der Waals surface area contributed by atoms with Crippen molar-refractivity contribution in [2.24, 2.45) is 4.99 Å². The van der Waals surface area contributed by atoms with Crippen molar-refractivity contribution in [3.63, 3.8) is 0 Å². The molecule has 2 aliphatic heterocycles. The molecule has 0 atom stereocenters. The highest BCUT2D eigenvalue weighted by Crippen LogP contribution is 2.47. The zero-order chi connectivity index (χ0) is 26.1. The van der Waals surface area contributed by atoms with Crippen molar-refractivity contribution in [2.75, 3.05) is 11.9 Å². The summed E-state index contributed by atoms with van der Waals surface area (Å²) < 4.78 is 6.55. The second kappa shape index (κ2) is 11.3. The molecular formula is C34H34IN3O. The van der Waals surface area contributed by atoms with Gasteiger partial charge in [-0.2, -0.15) is 0 Å². The molecule has 0 N–H and O–H groups in total. The number of pyridine rings is 1. The van der Waals surface area contributed by atoms with Crippen LogP contribution in [0, 0.1) is 0 Å². The van der Waals surface area contributed by atoms with Crippen LogP contribution in [0.2, 0.25) is 0 Å². The molecule has 1 aromatic heterocycles. The Morgan fingerprint density at radius 3 is 2.46 bits per heavy atom. The maximum Gasteiger partial charge on any atom is 0.133 e. The van der Waals surface area contributed by atoms with Crippen molar-refractivity contribution < 1.29 is 4.74 Å². The molecule has 0 bridgehead atoms. The van der Waals surface area contributed by atoms with Gasteiger partial charge in [-0.15, -0.1) is 24.0 Å². The van der Waals surface area contributed by atoms with Gasteiger partial charge in [0.25, 0.3) is 0 Å². The molecule has 6 rings (SSSR count). The van der Waals surface area contributed by atoms with E-state index in [0.29, 0.717) is 0 Å². The number of para-hydroxylation sites is 2. The first-order valence-corrected chi connectivity index (χ1v) is 13.4. The van der Waals surface area contributed by atoms with E-state index in [1.54, 1.807) is 12.4 Å². The molecule has 198 valence electrons. The average molecular weight is 628 g/mol. The maximum atomic E-state index is 6.55. The molecule has 3 aliphatic rings. The van der Waals surface area contributed by atoms with Crippen molar-refractivity contribution in [1.82, 2.24) is 4.98 Å². The van der Waals surface area contributed by atoms with Gasteiger partial charge in [0.1, 0.15) is 11.5 Å². The maximum absolute atomic E-state index is 6.55. The molecule has 2 aromatic carbocycles. The Morgan fingerprint density at radius 1 is 0.897 bits per heavy atom. The standard InChI is InChI=1S/C34H33N3O.HI/c1-34(2)29-12-5-7-14-31(29)37(3)32(34)18-16-25-11-8-10-24(33(25)38-28-19-21-35-22-20-28)15-17-27-23-26-9-4-6-13-30(26)36-27;/h4-7,9,12-22H,8,10-11,23H2,1-3H3;1H/b17-15+,25-16+,32-18+;. The molecule has 3 heterocycles. The van der Waals surface area contributed by atoms with Crippen LogP contribution in [-0.2, 0) is 11.8 Å². The van der Waals surface area contributed by atoms with Crippen LogP contribution in [-0.4, -0.2) is 17.7 Å². The molecule has 0 amide bonds. The lowest BCUT2D eigenvalue weighted by Gasteiger charge is -2.25. The second-order valence-electron chi connectivity index (χ2n) is 10.7. The molecule has 0 fully saturated rings. The quantitative estimate of drug-likeness (QED) is 0.266. The Morgan fingerprint density at radius 2 is 1.67 bits per heavy atom. The Hall–Kier alpha value is -3.45. The van der Waals surface area contributed by atoms with Gasteiger partial charge in [-0.25, -0.2) is 0 Å². The van der Waals surface area contributed by atoms with Crippen molar-refractivity contribution in [1.29, 1.82) is 0 Å². The number of rotatable bonds is 5. The van der Waals surface area contributed by atoms with Gasteiger partial charge in [-0.05, 0) is 78.0 Å². The summed E-state index contributed by atoms with van der Waals surface area (Å²) in [6.07, 6.45) is 16.4. The molecule has 0 unspecified atom stereocenters. The normalized spacial score (nSPS) is 19.8. The average Bonchev–Trinajstić information content (AvgIpc) is 3.44. The zero-order valence-electron chi connectivity index (χ0n) is 22.7. The number of fused-ring (bicyclic) bond motifs is 2. The number of benzene rings is 2. The lowest BCUT2D eigenvalue weighted by atomic mass is 9.83. The van der Waals surface area contributed by atoms with Gasteiger partial charge < -0.3 is 9.64 Å². The fraction of sp³-hybridized carbons (Fsp3) is 0.235. The molecule has 1 aliphatic carbocycles. The highest BCUT2D eigenvalue weighted by Gasteiger charge is 2.37. The van der Waals surface area contributed by atoms with Crippen LogP contribution in [0.5, 0.6) is 5.75 Å². The Balaban J connectivity index is 0.00000308. The van der Waals surface area contributed by atoms with E-state index in [1.165, 1.54) is 33.7 Å². The molecule has 39 heavy (non-hydrogen) atoms. The van der Waals surface area contributed by atoms with E-state index >= 15 is 0 Å². The third-order valence-corrected chi connectivity index (χ3v) is 7.83. The smallest absolute Gasteiger partial charge is 0.133 e. The van der Waals surface area contributed by atoms with Gasteiger partial charge in [-0.1, -0.05) is 62.4 Å². The Bertz CT molecular complexity index is 1530. The molecule has 0 saturated carbocycles. The Labute approximate surface area is 248 Å². The minimum atomic E-state index is -0.0642. The van der Waals surface area contributed by atoms with E-state index < -0.39 is 0 Å². The summed E-state index contributed by atoms with van der Waals surface area (Å²) in [7, 11) is 2.16. The van der Waals surface area contributed by atoms with E-state index in [1.807, 2.05) is 18.2 Å². The van der Waals surface area contributed by atoms with Gasteiger partial charge in [0.15, 0.2) is 0 Å². The number of halogens is 1. The first-order valence-electron chi connectivity index (χ1n) is 13.4. The minimum absolute atomic E-state index is 0. The molecule has 4 nitrogen and oxygen atoms in total. The summed E-state index contributed by atoms with van der Waals surface area (Å²) >= 11 is 0. The molecule has 0 spiro atoms. The van der Waals surface area contributed by atoms with Crippen LogP contribution in [0.3, 0.4) is 0 Å². The largest absolute Gasteiger partial charge is 0.457 e. The SMILES string of the molecule is CN1/C(=C/C=C2\CCCC(/C=C/C3=Nc4ccccc4C3)=C2Oc2ccncc2)C(C)(C)c2ccccc21.I. The predicted octanol–water partition coefficient (Wildman–Crippen LogP) is 8.64. The first kappa shape index (κ1) is 27.1. The van der Waals surface area contributed by atoms with Gasteiger partial charge in [0.05, 0.1) is 5.69 Å². The summed E-state index contributed by atoms with van der Waals surface area (Å²) in [4.78, 5) is 11.3. The highest BCUT2D eigenvalue weighted by atomic mass is 127. The molecule has 0 radical (unpaired) electrons. The van der Waals surface area contributed by atoms with E-state index in [4.69, 9.17) is 9.73 Å². The monoisotopic (exact) mass is 627 g/mol. The number of aliphatic imine (C=N–C) groups is 1. The van der Waals surface area contributed by atoms with E-state index in [9.17, 15) is 0 Å². The predicted molar refractivity (Wildman–Crippen MR) is 172 cm³/mol. The minimum Gasteiger partial charge on any atom is -0.457 e. The fourth-order valence-corrected chi connectivity index (χ4v) is 5.81. The van der Waals surface area contributed by atoms with Crippen LogP contribution in [0.1, 0.15) is 44.2 Å². The number of allylic oxidation sites excluding steroid dienone is 7. The van der Waals surface area contributed by atoms with Crippen LogP contribution in [0.25, 0.3) is 0 Å². The molecule has 3 aromatic rings. The van der Waals surface area contributed by atoms with Crippen LogP contribution >= 0.6 is 24.0 Å². The third-order valence-electron chi connectivity index (χ3n) is 7.83. The van der Waals surface area contributed by atoms with Crippen LogP contribution in [0.15, 0.2) is 125 Å². The van der Waals surface area contributed by atoms with Crippen LogP contribution in [0.4, 0.5) is 11.4 Å². The number of ether oxygens (including phenoxy) is 1. The summed E-state index contributed by atoms with van der Waals surface area (Å²) in [5.41, 5.74) is 9.74. The van der Waals surface area contributed by atoms with Gasteiger partial charge in [0, 0.05) is 48.4 Å².